The molecule has 0 radical (unpaired) electrons. The zero-order valence-electron chi connectivity index (χ0n) is 42.6. The summed E-state index contributed by atoms with van der Waals surface area (Å²) in [6.45, 7) is -0.954. The van der Waals surface area contributed by atoms with E-state index in [0.717, 1.165) is 88.5 Å². The van der Waals surface area contributed by atoms with Crippen LogP contribution in [0.2, 0.25) is 0 Å². The van der Waals surface area contributed by atoms with E-state index in [1.54, 1.807) is 12.4 Å². The molecule has 4 amide bonds. The van der Waals surface area contributed by atoms with Crippen molar-refractivity contribution in [2.75, 3.05) is 34.5 Å². The molecule has 10 N–H and O–H groups in total. The molecule has 428 valence electrons. The number of nitrogen functional groups attached to an aromatic ring is 2. The monoisotopic (exact) mass is 1320 g/mol. The third-order valence-corrected chi connectivity index (χ3v) is 19.3. The van der Waals surface area contributed by atoms with E-state index in [9.17, 15) is 69.2 Å². The molecule has 2 unspecified atom stereocenters. The number of carboxylic acids is 2. The van der Waals surface area contributed by atoms with Gasteiger partial charge in [-0.25, -0.2) is 9.97 Å². The Morgan fingerprint density at radius 3 is 1.40 bits per heavy atom. The van der Waals surface area contributed by atoms with E-state index in [4.69, 9.17) is 21.1 Å². The van der Waals surface area contributed by atoms with E-state index >= 15 is 0 Å². The van der Waals surface area contributed by atoms with Crippen molar-refractivity contribution in [3.8, 4) is 11.5 Å². The molecule has 10 heterocycles. The quantitative estimate of drug-likeness (QED) is 0.00879. The summed E-state index contributed by atoms with van der Waals surface area (Å²) in [5.74, 6) is -6.25. The fraction of sp³-hybridized carbons (Fsp3) is 0.238. The first-order chi connectivity index (χ1) is 39.3. The average molecular weight is 1320 g/mol. The molecule has 2 saturated heterocycles. The van der Waals surface area contributed by atoms with Gasteiger partial charge >= 0.3 is 59.1 Å². The maximum absolute atomic E-state index is 13.2. The Hall–Kier alpha value is -6.28. The summed E-state index contributed by atoms with van der Waals surface area (Å²) in [6, 6.07) is -0.335. The van der Waals surface area contributed by atoms with E-state index in [1.165, 1.54) is 57.8 Å². The van der Waals surface area contributed by atoms with Crippen LogP contribution in [-0.4, -0.2) is 162 Å². The van der Waals surface area contributed by atoms with Crippen molar-refractivity contribution in [1.82, 2.24) is 59.0 Å². The summed E-state index contributed by atoms with van der Waals surface area (Å²) >= 11 is 9.60. The summed E-state index contributed by atoms with van der Waals surface area (Å²) in [6.07, 6.45) is 4.65. The number of nitrogens with zero attached hydrogens (tertiary/aromatic N) is 12. The Balaban J connectivity index is 0.000000235. The summed E-state index contributed by atoms with van der Waals surface area (Å²) in [7, 11) is 0. The molecule has 6 aromatic heterocycles. The molecule has 4 atom stereocenters. The number of hydrogen-bond donors (Lipinski definition) is 8. The van der Waals surface area contributed by atoms with E-state index in [0.29, 0.717) is 20.6 Å². The molecule has 84 heavy (non-hydrogen) atoms. The molecule has 6 aromatic rings. The number of β-lactam (4-membered cyclic amide) rings is 2. The third kappa shape index (κ3) is 14.7. The maximum Gasteiger partial charge on any atom is 1.00 e. The maximum atomic E-state index is 13.2. The van der Waals surface area contributed by atoms with Gasteiger partial charge in [0.05, 0.1) is 48.1 Å². The number of amides is 4. The van der Waals surface area contributed by atoms with Crippen molar-refractivity contribution in [2.24, 2.45) is 10.3 Å². The van der Waals surface area contributed by atoms with Crippen LogP contribution in [0.15, 0.2) is 98.5 Å². The van der Waals surface area contributed by atoms with Crippen LogP contribution in [0.25, 0.3) is 0 Å². The van der Waals surface area contributed by atoms with Crippen LogP contribution in [0, 0.1) is 0 Å². The normalized spacial score (nSPS) is 18.1. The fourth-order valence-corrected chi connectivity index (χ4v) is 14.5. The van der Waals surface area contributed by atoms with Crippen molar-refractivity contribution < 1.29 is 128 Å². The van der Waals surface area contributed by atoms with E-state index in [2.05, 4.69) is 50.1 Å². The van der Waals surface area contributed by atoms with Gasteiger partial charge in [0.1, 0.15) is 54.0 Å². The van der Waals surface area contributed by atoms with Gasteiger partial charge in [-0.2, -0.15) is 9.46 Å². The first kappa shape index (κ1) is 65.3. The largest absolute Gasteiger partial charge is 1.00 e. The smallest absolute Gasteiger partial charge is 0.543 e. The molecule has 0 saturated carbocycles. The van der Waals surface area contributed by atoms with Gasteiger partial charge in [-0.05, 0) is 34.2 Å². The van der Waals surface area contributed by atoms with Crippen LogP contribution < -0.4 is 102 Å². The van der Waals surface area contributed by atoms with Gasteiger partial charge in [0, 0.05) is 45.9 Å². The minimum absolute atomic E-state index is 0. The summed E-state index contributed by atoms with van der Waals surface area (Å²) in [4.78, 5) is 120. The number of aliphatic carboxylic acids is 2. The summed E-state index contributed by atoms with van der Waals surface area (Å²) in [5.41, 5.74) is 9.54. The number of carbonyl (C=O) groups is 6. The number of pyridine rings is 2. The molecule has 0 aliphatic carbocycles. The van der Waals surface area contributed by atoms with Crippen LogP contribution in [0.4, 0.5) is 10.3 Å². The Morgan fingerprint density at radius 1 is 0.679 bits per heavy atom. The molecule has 0 aromatic carbocycles. The predicted molar refractivity (Wildman–Crippen MR) is 290 cm³/mol. The summed E-state index contributed by atoms with van der Waals surface area (Å²) < 4.78 is 10.0. The number of aromatic nitrogens is 8. The number of aromatic hydroxyl groups is 2. The molecular weight excluding hydrogens is 1290 g/mol. The van der Waals surface area contributed by atoms with Crippen LogP contribution in [0.3, 0.4) is 0 Å². The number of nitrogens with two attached hydrogens (primary N) is 2. The standard InChI is InChI=1S/2C21H18N8O8S4.2Na/c2*22-21-24-10(7-40-21)14(26-37-4-9-1-11(30)12(31)3-28(9)36)17(32)25-15-18(33)29-16(20(34)35)8(6-39-19(15)29)5-38-13-2-23-27-41-13;;/h2*1-3,7,15,19,31,36H,4-6H2,(H2,22,24)(H,25,32)(H,34,35);;/q;;2*+1/p-2/b2*26-14+;;/t15-,19-;;;/m1.../s1. The number of nitrogens with one attached hydrogen (secondary N) is 2. The van der Waals surface area contributed by atoms with Gasteiger partial charge in [0.15, 0.2) is 46.4 Å². The molecular formula is C42H34N16Na2O16S8. The second-order valence-corrected chi connectivity index (χ2v) is 24.6. The van der Waals surface area contributed by atoms with Gasteiger partial charge in [-0.15, -0.1) is 79.9 Å². The number of oxime groups is 2. The summed E-state index contributed by atoms with van der Waals surface area (Å²) in [5, 5.41) is 84.3. The van der Waals surface area contributed by atoms with Crippen LogP contribution in [0.5, 0.6) is 11.5 Å². The fourth-order valence-electron chi connectivity index (χ4n) is 7.60. The number of hydrogen-bond acceptors (Lipinski definition) is 34. The molecule has 0 spiro atoms. The van der Waals surface area contributed by atoms with Crippen molar-refractivity contribution in [2.45, 2.75) is 44.5 Å². The van der Waals surface area contributed by atoms with E-state index in [-0.39, 0.29) is 138 Å². The Labute approximate surface area is 546 Å². The molecule has 10 rings (SSSR count). The zero-order valence-corrected chi connectivity index (χ0v) is 53.2. The van der Waals surface area contributed by atoms with Crippen molar-refractivity contribution >= 4 is 150 Å². The number of fused-ring (bicyclic) bond motifs is 2. The zero-order chi connectivity index (χ0) is 58.5. The number of rotatable bonds is 20. The van der Waals surface area contributed by atoms with Gasteiger partial charge in [0.2, 0.25) is 10.9 Å². The van der Waals surface area contributed by atoms with Crippen molar-refractivity contribution in [3.63, 3.8) is 0 Å². The van der Waals surface area contributed by atoms with Crippen LogP contribution >= 0.6 is 92.8 Å². The number of carbonyl (C=O) groups excluding carboxylic acids is 6. The minimum Gasteiger partial charge on any atom is -0.543 e. The predicted octanol–water partition coefficient (Wildman–Crippen LogP) is -8.40. The number of anilines is 2. The second-order valence-electron chi connectivity index (χ2n) is 16.5. The van der Waals surface area contributed by atoms with Gasteiger partial charge in [-0.1, -0.05) is 19.3 Å². The van der Waals surface area contributed by atoms with Gasteiger partial charge in [-0.3, -0.25) is 38.6 Å². The molecule has 2 fully saturated rings. The molecule has 4 aliphatic rings. The number of thioether (sulfide) groups is 4. The molecule has 0 bridgehead atoms. The second kappa shape index (κ2) is 28.7. The van der Waals surface area contributed by atoms with Gasteiger partial charge < -0.3 is 72.2 Å². The minimum atomic E-state index is -1.50. The van der Waals surface area contributed by atoms with Gasteiger partial charge in [0.25, 0.3) is 23.6 Å². The first-order valence-corrected chi connectivity index (χ1v) is 29.9. The Bertz CT molecular complexity index is 3530. The van der Waals surface area contributed by atoms with Crippen molar-refractivity contribution in [3.05, 3.63) is 113 Å². The molecule has 4 aliphatic heterocycles. The van der Waals surface area contributed by atoms with Crippen LogP contribution in [0.1, 0.15) is 22.8 Å². The molecule has 42 heteroatoms. The SMILES string of the molecule is Nc1nc(/C(=N\OCc2cc(=O)c(O)cn2O)C(=O)NC2C(=O)N3C(C(=O)[O-])=C(CSc4cnns4)CSC23)cs1.Nc1nc(/C(=N\OCc2cc(=O)c(O)cn2O)C(=O)N[C@@H]2C(=O)N3C(C(=O)[O-])=C(CSc4cnns4)CS[C@H]23)cs1.[Na+].[Na+]. The Kier molecular flexibility index (Phi) is 22.3. The van der Waals surface area contributed by atoms with Crippen molar-refractivity contribution in [1.29, 1.82) is 0 Å². The first-order valence-electron chi connectivity index (χ1n) is 22.6. The number of carboxylic acid groups (broad SMARTS) is 2. The Morgan fingerprint density at radius 2 is 1.07 bits per heavy atom. The van der Waals surface area contributed by atoms with E-state index in [1.807, 2.05) is 0 Å². The number of thiazole rings is 2. The van der Waals surface area contributed by atoms with Crippen LogP contribution in [-0.2, 0) is 51.7 Å². The van der Waals surface area contributed by atoms with E-state index < -0.39 is 94.0 Å². The third-order valence-electron chi connectivity index (χ3n) is 11.4. The average Bonchev–Trinajstić information content (AvgIpc) is 1.07. The topological polar surface area (TPSA) is 477 Å². The molecule has 32 nitrogen and oxygen atoms in total.